The molecule has 2 amide bonds. The molecule has 2 aliphatic heterocycles. The topological polar surface area (TPSA) is 129 Å². The number of pyridine rings is 1. The zero-order valence-electron chi connectivity index (χ0n) is 18.7. The highest BCUT2D eigenvalue weighted by molar-refractivity contribution is 7.89. The van der Waals surface area contributed by atoms with E-state index in [0.29, 0.717) is 49.3 Å². The number of carbonyl (C=O) groups is 2. The molecule has 12 heteroatoms. The van der Waals surface area contributed by atoms with Gasteiger partial charge in [-0.2, -0.15) is 4.31 Å². The molecule has 0 spiro atoms. The van der Waals surface area contributed by atoms with Crippen LogP contribution in [0.15, 0.2) is 66.0 Å². The molecule has 3 aromatic rings. The lowest BCUT2D eigenvalue weighted by Gasteiger charge is -2.34. The van der Waals surface area contributed by atoms with E-state index in [4.69, 9.17) is 0 Å². The molecule has 0 radical (unpaired) electrons. The molecule has 2 aliphatic rings. The average molecular weight is 494 g/mol. The van der Waals surface area contributed by atoms with Crippen molar-refractivity contribution in [2.75, 3.05) is 41.3 Å². The minimum Gasteiger partial charge on any atom is -0.354 e. The number of rotatable bonds is 6. The number of piperazine rings is 1. The Balaban J connectivity index is 1.24. The number of nitrogens with zero attached hydrogens (tertiary/aromatic N) is 6. The van der Waals surface area contributed by atoms with E-state index >= 15 is 0 Å². The second-order valence-electron chi connectivity index (χ2n) is 8.11. The highest BCUT2D eigenvalue weighted by Crippen LogP contribution is 2.26. The summed E-state index contributed by atoms with van der Waals surface area (Å²) in [5.74, 6) is 1.41. The van der Waals surface area contributed by atoms with Gasteiger partial charge in [-0.1, -0.05) is 6.07 Å². The summed E-state index contributed by atoms with van der Waals surface area (Å²) >= 11 is 0. The van der Waals surface area contributed by atoms with Crippen LogP contribution in [-0.2, 0) is 19.6 Å². The van der Waals surface area contributed by atoms with Crippen LogP contribution in [0.5, 0.6) is 0 Å². The monoisotopic (exact) mass is 493 g/mol. The summed E-state index contributed by atoms with van der Waals surface area (Å²) in [6.07, 6.45) is 3.50. The molecule has 0 bridgehead atoms. The fourth-order valence-corrected chi connectivity index (χ4v) is 5.52. The smallest absolute Gasteiger partial charge is 0.243 e. The summed E-state index contributed by atoms with van der Waals surface area (Å²) in [5, 5.41) is 3.13. The lowest BCUT2D eigenvalue weighted by atomic mass is 10.3. The van der Waals surface area contributed by atoms with Crippen molar-refractivity contribution in [2.24, 2.45) is 0 Å². The van der Waals surface area contributed by atoms with Crippen LogP contribution in [0.2, 0.25) is 0 Å². The van der Waals surface area contributed by atoms with Crippen molar-refractivity contribution in [2.45, 2.75) is 17.7 Å². The lowest BCUT2D eigenvalue weighted by molar-refractivity contribution is -0.121. The van der Waals surface area contributed by atoms with E-state index in [2.05, 4.69) is 20.3 Å². The fourth-order valence-electron chi connectivity index (χ4n) is 4.09. The summed E-state index contributed by atoms with van der Waals surface area (Å²) in [6, 6.07) is 13.2. The van der Waals surface area contributed by atoms with Gasteiger partial charge in [-0.25, -0.2) is 23.4 Å². The molecule has 35 heavy (non-hydrogen) atoms. The van der Waals surface area contributed by atoms with Gasteiger partial charge in [0.2, 0.25) is 21.8 Å². The number of aromatic nitrogens is 3. The van der Waals surface area contributed by atoms with Crippen molar-refractivity contribution in [3.05, 3.63) is 61.1 Å². The minimum absolute atomic E-state index is 0.123. The molecule has 2 saturated heterocycles. The molecule has 0 saturated carbocycles. The molecule has 2 aromatic heterocycles. The molecular weight excluding hydrogens is 470 g/mol. The van der Waals surface area contributed by atoms with E-state index in [1.54, 1.807) is 12.3 Å². The maximum absolute atomic E-state index is 13.2. The van der Waals surface area contributed by atoms with Crippen LogP contribution in [-0.4, -0.2) is 65.7 Å². The maximum atomic E-state index is 13.2. The van der Waals surface area contributed by atoms with Crippen LogP contribution in [0.25, 0.3) is 0 Å². The third-order valence-electron chi connectivity index (χ3n) is 5.92. The highest BCUT2D eigenvalue weighted by atomic mass is 32.2. The molecule has 1 N–H and O–H groups in total. The number of anilines is 4. The number of imide groups is 1. The summed E-state index contributed by atoms with van der Waals surface area (Å²) < 4.78 is 27.8. The van der Waals surface area contributed by atoms with Crippen LogP contribution in [0.1, 0.15) is 12.8 Å². The largest absolute Gasteiger partial charge is 0.354 e. The van der Waals surface area contributed by atoms with Crippen molar-refractivity contribution < 1.29 is 18.0 Å². The van der Waals surface area contributed by atoms with Crippen molar-refractivity contribution in [1.82, 2.24) is 19.3 Å². The van der Waals surface area contributed by atoms with Gasteiger partial charge in [0.25, 0.3) is 0 Å². The van der Waals surface area contributed by atoms with E-state index in [1.807, 2.05) is 23.1 Å². The van der Waals surface area contributed by atoms with Gasteiger partial charge >= 0.3 is 0 Å². The van der Waals surface area contributed by atoms with E-state index in [9.17, 15) is 18.0 Å². The zero-order valence-corrected chi connectivity index (χ0v) is 19.6. The summed E-state index contributed by atoms with van der Waals surface area (Å²) in [7, 11) is -3.72. The Hall–Kier alpha value is -3.90. The van der Waals surface area contributed by atoms with Crippen LogP contribution in [0.4, 0.5) is 23.1 Å². The number of nitrogens with one attached hydrogen (secondary N) is 1. The van der Waals surface area contributed by atoms with Gasteiger partial charge in [-0.05, 0) is 36.4 Å². The first-order valence-corrected chi connectivity index (χ1v) is 12.6. The molecule has 5 rings (SSSR count). The first-order chi connectivity index (χ1) is 16.9. The number of carbonyl (C=O) groups excluding carboxylic acids is 2. The van der Waals surface area contributed by atoms with E-state index in [-0.39, 0.29) is 29.6 Å². The molecule has 4 heterocycles. The highest BCUT2D eigenvalue weighted by Gasteiger charge is 2.32. The first kappa shape index (κ1) is 22.9. The number of hydrogen-bond acceptors (Lipinski definition) is 9. The quantitative estimate of drug-likeness (QED) is 0.511. The Morgan fingerprint density at radius 2 is 1.51 bits per heavy atom. The fraction of sp³-hybridized carbons (Fsp3) is 0.261. The molecule has 0 unspecified atom stereocenters. The molecule has 180 valence electrons. The van der Waals surface area contributed by atoms with Gasteiger partial charge in [0, 0.05) is 51.3 Å². The van der Waals surface area contributed by atoms with Crippen molar-refractivity contribution in [1.29, 1.82) is 0 Å². The standard InChI is InChI=1S/C23H23N7O4S/c31-22-8-9-23(32)30(22)17-4-6-18(7-5-17)35(33,34)29-13-11-28(12-14-29)21-15-20(25-16-26-21)27-19-3-1-2-10-24-19/h1-7,10,15-16H,8-9,11-14H2,(H,24,25,26,27). The number of benzene rings is 1. The first-order valence-electron chi connectivity index (χ1n) is 11.1. The van der Waals surface area contributed by atoms with Gasteiger partial charge in [-0.3, -0.25) is 14.5 Å². The number of hydrogen-bond donors (Lipinski definition) is 1. The number of sulfonamides is 1. The Morgan fingerprint density at radius 3 is 2.17 bits per heavy atom. The Labute approximate surface area is 202 Å². The SMILES string of the molecule is O=C1CCC(=O)N1c1ccc(S(=O)(=O)N2CCN(c3cc(Nc4ccccn4)ncn3)CC2)cc1. The van der Waals surface area contributed by atoms with Gasteiger partial charge in [0.15, 0.2) is 0 Å². The van der Waals surface area contributed by atoms with Crippen LogP contribution >= 0.6 is 0 Å². The second kappa shape index (κ2) is 9.39. The second-order valence-corrected chi connectivity index (χ2v) is 10.0. The van der Waals surface area contributed by atoms with Crippen molar-refractivity contribution in [3.63, 3.8) is 0 Å². The van der Waals surface area contributed by atoms with Gasteiger partial charge in [-0.15, -0.1) is 0 Å². The van der Waals surface area contributed by atoms with Crippen LogP contribution in [0, 0.1) is 0 Å². The van der Waals surface area contributed by atoms with Crippen molar-refractivity contribution >= 4 is 45.0 Å². The average Bonchev–Trinajstić information content (AvgIpc) is 3.22. The minimum atomic E-state index is -3.72. The normalized spacial score (nSPS) is 17.1. The molecule has 11 nitrogen and oxygen atoms in total. The van der Waals surface area contributed by atoms with Gasteiger partial charge < -0.3 is 10.2 Å². The van der Waals surface area contributed by atoms with E-state index in [0.717, 1.165) is 4.90 Å². The molecule has 0 aliphatic carbocycles. The number of amides is 2. The summed E-state index contributed by atoms with van der Waals surface area (Å²) in [4.78, 5) is 39.9. The third kappa shape index (κ3) is 4.70. The molecule has 1 aromatic carbocycles. The van der Waals surface area contributed by atoms with E-state index < -0.39 is 10.0 Å². The predicted molar refractivity (Wildman–Crippen MR) is 129 cm³/mol. The maximum Gasteiger partial charge on any atom is 0.243 e. The van der Waals surface area contributed by atoms with Crippen molar-refractivity contribution in [3.8, 4) is 0 Å². The Morgan fingerprint density at radius 1 is 0.800 bits per heavy atom. The lowest BCUT2D eigenvalue weighted by Crippen LogP contribution is -2.48. The van der Waals surface area contributed by atoms with Gasteiger partial charge in [0.1, 0.15) is 23.8 Å². The van der Waals surface area contributed by atoms with Crippen LogP contribution < -0.4 is 15.1 Å². The summed E-state index contributed by atoms with van der Waals surface area (Å²) in [5.41, 5.74) is 0.389. The Kier molecular flexibility index (Phi) is 6.14. The predicted octanol–water partition coefficient (Wildman–Crippen LogP) is 1.78. The third-order valence-corrected chi connectivity index (χ3v) is 7.83. The molecular formula is C23H23N7O4S. The molecule has 0 atom stereocenters. The Bertz CT molecular complexity index is 1330. The summed E-state index contributed by atoms with van der Waals surface area (Å²) in [6.45, 7) is 1.52. The van der Waals surface area contributed by atoms with E-state index in [1.165, 1.54) is 34.9 Å². The van der Waals surface area contributed by atoms with Gasteiger partial charge in [0.05, 0.1) is 10.6 Å². The van der Waals surface area contributed by atoms with Crippen LogP contribution in [0.3, 0.4) is 0 Å². The zero-order chi connectivity index (χ0) is 24.4. The molecule has 2 fully saturated rings.